The third-order valence-corrected chi connectivity index (χ3v) is 6.24. The van der Waals surface area contributed by atoms with E-state index in [1.54, 1.807) is 0 Å². The molecular weight excluding hydrogens is 338 g/mol. The zero-order valence-electron chi connectivity index (χ0n) is 13.4. The smallest absolute Gasteiger partial charge is 0.223 e. The van der Waals surface area contributed by atoms with E-state index >= 15 is 0 Å². The lowest BCUT2D eigenvalue weighted by molar-refractivity contribution is -0.131. The number of benzene rings is 1. The first-order valence-electron chi connectivity index (χ1n) is 7.74. The van der Waals surface area contributed by atoms with Gasteiger partial charge in [-0.15, -0.1) is 0 Å². The summed E-state index contributed by atoms with van der Waals surface area (Å²) in [5.41, 5.74) is 0. The van der Waals surface area contributed by atoms with Crippen LogP contribution in [0.25, 0.3) is 0 Å². The lowest BCUT2D eigenvalue weighted by Crippen LogP contribution is -2.36. The number of methoxy groups -OCH3 is 1. The fraction of sp³-hybridized carbons (Fsp3) is 0.562. The standard InChI is InChI=1S/C16H22ClNO4S/c1-3-12-5-4-9-18(12)16(19)8-10-23(20,21)13-6-7-15(22-2)14(17)11-13/h6-7,11-12H,3-5,8-10H2,1-2H3. The predicted octanol–water partition coefficient (Wildman–Crippen LogP) is 2.91. The Kier molecular flexibility index (Phi) is 5.92. The highest BCUT2D eigenvalue weighted by molar-refractivity contribution is 7.91. The van der Waals surface area contributed by atoms with Crippen LogP contribution in [-0.4, -0.2) is 44.7 Å². The SMILES string of the molecule is CCC1CCCN1C(=O)CCS(=O)(=O)c1ccc(OC)c(Cl)c1. The maximum Gasteiger partial charge on any atom is 0.223 e. The van der Waals surface area contributed by atoms with Gasteiger partial charge in [0.2, 0.25) is 5.91 Å². The van der Waals surface area contributed by atoms with Gasteiger partial charge in [-0.2, -0.15) is 0 Å². The van der Waals surface area contributed by atoms with Crippen molar-refractivity contribution >= 4 is 27.3 Å². The van der Waals surface area contributed by atoms with E-state index in [-0.39, 0.29) is 34.0 Å². The highest BCUT2D eigenvalue weighted by atomic mass is 35.5. The normalized spacial score (nSPS) is 18.2. The number of rotatable bonds is 6. The highest BCUT2D eigenvalue weighted by Crippen LogP contribution is 2.28. The van der Waals surface area contributed by atoms with Gasteiger partial charge < -0.3 is 9.64 Å². The summed E-state index contributed by atoms with van der Waals surface area (Å²) in [6.45, 7) is 2.78. The number of hydrogen-bond donors (Lipinski definition) is 0. The quantitative estimate of drug-likeness (QED) is 0.783. The van der Waals surface area contributed by atoms with Gasteiger partial charge in [-0.3, -0.25) is 4.79 Å². The first kappa shape index (κ1) is 18.1. The van der Waals surface area contributed by atoms with Crippen molar-refractivity contribution in [2.45, 2.75) is 43.5 Å². The zero-order valence-corrected chi connectivity index (χ0v) is 15.0. The second-order valence-electron chi connectivity index (χ2n) is 5.66. The van der Waals surface area contributed by atoms with E-state index in [4.69, 9.17) is 16.3 Å². The molecule has 1 heterocycles. The Bertz CT molecular complexity index is 675. The summed E-state index contributed by atoms with van der Waals surface area (Å²) < 4.78 is 29.8. The minimum atomic E-state index is -3.54. The van der Waals surface area contributed by atoms with Gasteiger partial charge in [0, 0.05) is 19.0 Å². The molecule has 0 saturated carbocycles. The molecule has 0 radical (unpaired) electrons. The highest BCUT2D eigenvalue weighted by Gasteiger charge is 2.28. The van der Waals surface area contributed by atoms with E-state index in [0.717, 1.165) is 25.8 Å². The van der Waals surface area contributed by atoms with Crippen LogP contribution in [0.4, 0.5) is 0 Å². The van der Waals surface area contributed by atoms with E-state index in [1.165, 1.54) is 25.3 Å². The van der Waals surface area contributed by atoms with Gasteiger partial charge in [0.15, 0.2) is 9.84 Å². The Morgan fingerprint density at radius 3 is 2.78 bits per heavy atom. The molecule has 0 N–H and O–H groups in total. The van der Waals surface area contributed by atoms with Crippen molar-refractivity contribution in [1.82, 2.24) is 4.90 Å². The lowest BCUT2D eigenvalue weighted by atomic mass is 10.1. The Morgan fingerprint density at radius 2 is 2.17 bits per heavy atom. The average Bonchev–Trinajstić information content (AvgIpc) is 3.01. The molecule has 5 nitrogen and oxygen atoms in total. The third kappa shape index (κ3) is 4.18. The zero-order chi connectivity index (χ0) is 17.0. The van der Waals surface area contributed by atoms with Crippen molar-refractivity contribution in [1.29, 1.82) is 0 Å². The molecule has 0 aliphatic carbocycles. The number of hydrogen-bond acceptors (Lipinski definition) is 4. The maximum atomic E-state index is 12.4. The molecule has 128 valence electrons. The van der Waals surface area contributed by atoms with E-state index in [1.807, 2.05) is 11.8 Å². The van der Waals surface area contributed by atoms with E-state index in [0.29, 0.717) is 5.75 Å². The molecule has 1 aliphatic rings. The van der Waals surface area contributed by atoms with E-state index < -0.39 is 9.84 Å². The largest absolute Gasteiger partial charge is 0.495 e. The van der Waals surface area contributed by atoms with Crippen LogP contribution in [0.15, 0.2) is 23.1 Å². The number of likely N-dealkylation sites (tertiary alicyclic amines) is 1. The summed E-state index contributed by atoms with van der Waals surface area (Å²) in [7, 11) is -2.08. The third-order valence-electron chi connectivity index (χ3n) is 4.24. The number of carbonyl (C=O) groups is 1. The van der Waals surface area contributed by atoms with Gasteiger partial charge in [0.05, 0.1) is 22.8 Å². The summed E-state index contributed by atoms with van der Waals surface area (Å²) in [6.07, 6.45) is 2.91. The van der Waals surface area contributed by atoms with E-state index in [9.17, 15) is 13.2 Å². The molecule has 1 fully saturated rings. The van der Waals surface area contributed by atoms with Crippen LogP contribution in [-0.2, 0) is 14.6 Å². The molecule has 2 rings (SSSR count). The monoisotopic (exact) mass is 359 g/mol. The van der Waals surface area contributed by atoms with Crippen LogP contribution < -0.4 is 4.74 Å². The van der Waals surface area contributed by atoms with Gasteiger partial charge in [-0.1, -0.05) is 18.5 Å². The molecule has 23 heavy (non-hydrogen) atoms. The second kappa shape index (κ2) is 7.53. The Hall–Kier alpha value is -1.27. The van der Waals surface area contributed by atoms with Crippen LogP contribution in [0.1, 0.15) is 32.6 Å². The van der Waals surface area contributed by atoms with Gasteiger partial charge in [0.25, 0.3) is 0 Å². The summed E-state index contributed by atoms with van der Waals surface area (Å²) in [4.78, 5) is 14.2. The van der Waals surface area contributed by atoms with Crippen LogP contribution in [0.3, 0.4) is 0 Å². The molecule has 1 atom stereocenters. The van der Waals surface area contributed by atoms with Gasteiger partial charge in [0.1, 0.15) is 5.75 Å². The number of amides is 1. The average molecular weight is 360 g/mol. The van der Waals surface area contributed by atoms with Crippen molar-refractivity contribution in [3.63, 3.8) is 0 Å². The molecule has 1 aromatic rings. The second-order valence-corrected chi connectivity index (χ2v) is 8.17. The van der Waals surface area contributed by atoms with Gasteiger partial charge in [-0.05, 0) is 37.5 Å². The Labute approximate surface area is 142 Å². The van der Waals surface area contributed by atoms with Crippen molar-refractivity contribution in [2.75, 3.05) is 19.4 Å². The van der Waals surface area contributed by atoms with E-state index in [2.05, 4.69) is 0 Å². The summed E-state index contributed by atoms with van der Waals surface area (Å²) in [5, 5.41) is 0.241. The van der Waals surface area contributed by atoms with Gasteiger partial charge >= 0.3 is 0 Å². The van der Waals surface area contributed by atoms with Crippen molar-refractivity contribution in [3.05, 3.63) is 23.2 Å². The number of ether oxygens (including phenoxy) is 1. The number of halogens is 1. The molecule has 0 bridgehead atoms. The van der Waals surface area contributed by atoms with Crippen LogP contribution in [0.2, 0.25) is 5.02 Å². The van der Waals surface area contributed by atoms with Crippen LogP contribution in [0, 0.1) is 0 Å². The molecule has 1 unspecified atom stereocenters. The number of nitrogens with zero attached hydrogens (tertiary/aromatic N) is 1. The molecule has 1 aliphatic heterocycles. The number of carbonyl (C=O) groups excluding carboxylic acids is 1. The topological polar surface area (TPSA) is 63.7 Å². The van der Waals surface area contributed by atoms with Crippen molar-refractivity contribution in [2.24, 2.45) is 0 Å². The first-order chi connectivity index (χ1) is 10.9. The molecule has 1 aromatic carbocycles. The summed E-state index contributed by atoms with van der Waals surface area (Å²) >= 11 is 5.98. The molecule has 1 saturated heterocycles. The molecule has 0 spiro atoms. The van der Waals surface area contributed by atoms with Gasteiger partial charge in [-0.25, -0.2) is 8.42 Å². The maximum absolute atomic E-state index is 12.4. The summed E-state index contributed by atoms with van der Waals surface area (Å²) in [6, 6.07) is 4.59. The fourth-order valence-corrected chi connectivity index (χ4v) is 4.49. The fourth-order valence-electron chi connectivity index (χ4n) is 2.91. The Morgan fingerprint density at radius 1 is 1.43 bits per heavy atom. The minimum absolute atomic E-state index is 0.00246. The molecule has 7 heteroatoms. The number of sulfone groups is 1. The van der Waals surface area contributed by atoms with Crippen LogP contribution >= 0.6 is 11.6 Å². The van der Waals surface area contributed by atoms with Crippen molar-refractivity contribution < 1.29 is 17.9 Å². The molecular formula is C16H22ClNO4S. The predicted molar refractivity (Wildman–Crippen MR) is 89.7 cm³/mol. The van der Waals surface area contributed by atoms with Crippen molar-refractivity contribution in [3.8, 4) is 5.75 Å². The summed E-state index contributed by atoms with van der Waals surface area (Å²) in [5.74, 6) is 0.128. The molecule has 1 amide bonds. The minimum Gasteiger partial charge on any atom is -0.495 e. The lowest BCUT2D eigenvalue weighted by Gasteiger charge is -2.23. The molecule has 0 aromatic heterocycles. The Balaban J connectivity index is 2.04. The first-order valence-corrected chi connectivity index (χ1v) is 9.78. The van der Waals surface area contributed by atoms with Crippen LogP contribution in [0.5, 0.6) is 5.75 Å².